The second-order valence-corrected chi connectivity index (χ2v) is 8.86. The molecule has 1 saturated carbocycles. The summed E-state index contributed by atoms with van der Waals surface area (Å²) in [5, 5.41) is 22.8. The van der Waals surface area contributed by atoms with Crippen molar-refractivity contribution < 1.29 is 19.7 Å². The molecular formula is C22H31NO4. The van der Waals surface area contributed by atoms with Crippen molar-refractivity contribution in [2.45, 2.75) is 69.4 Å². The van der Waals surface area contributed by atoms with E-state index in [2.05, 4.69) is 4.90 Å². The molecule has 5 nitrogen and oxygen atoms in total. The third kappa shape index (κ3) is 2.78. The van der Waals surface area contributed by atoms with Gasteiger partial charge >= 0.3 is 0 Å². The maximum Gasteiger partial charge on any atom is 0.161 e. The van der Waals surface area contributed by atoms with Crippen LogP contribution in [0.5, 0.6) is 11.5 Å². The number of fused-ring (bicyclic) bond motifs is 4. The van der Waals surface area contributed by atoms with Gasteiger partial charge in [-0.3, -0.25) is 9.69 Å². The SMILES string of the molecule is CCC(=O)CC12CCN(CC3CC3)C(Cc3ccc(OC)c(O)c31)C2(C)O. The highest BCUT2D eigenvalue weighted by molar-refractivity contribution is 5.81. The van der Waals surface area contributed by atoms with Crippen LogP contribution in [0.2, 0.25) is 0 Å². The maximum atomic E-state index is 12.6. The normalized spacial score (nSPS) is 32.8. The zero-order chi connectivity index (χ0) is 19.4. The van der Waals surface area contributed by atoms with Gasteiger partial charge in [-0.2, -0.15) is 0 Å². The van der Waals surface area contributed by atoms with E-state index < -0.39 is 11.0 Å². The number of rotatable bonds is 6. The van der Waals surface area contributed by atoms with Crippen LogP contribution < -0.4 is 4.74 Å². The lowest BCUT2D eigenvalue weighted by Crippen LogP contribution is -2.70. The average molecular weight is 373 g/mol. The monoisotopic (exact) mass is 373 g/mol. The minimum absolute atomic E-state index is 0.0307. The molecule has 2 fully saturated rings. The molecule has 0 amide bonds. The van der Waals surface area contributed by atoms with Crippen LogP contribution in [0.15, 0.2) is 12.1 Å². The molecule has 5 heteroatoms. The number of hydrogen-bond donors (Lipinski definition) is 2. The van der Waals surface area contributed by atoms with Crippen molar-refractivity contribution in [3.63, 3.8) is 0 Å². The Morgan fingerprint density at radius 2 is 2.11 bits per heavy atom. The van der Waals surface area contributed by atoms with Crippen LogP contribution in [-0.4, -0.2) is 52.7 Å². The summed E-state index contributed by atoms with van der Waals surface area (Å²) in [6.07, 6.45) is 4.61. The Morgan fingerprint density at radius 3 is 2.74 bits per heavy atom. The molecule has 0 spiro atoms. The van der Waals surface area contributed by atoms with Gasteiger partial charge in [-0.1, -0.05) is 13.0 Å². The van der Waals surface area contributed by atoms with Crippen LogP contribution in [0.4, 0.5) is 0 Å². The lowest BCUT2D eigenvalue weighted by atomic mass is 9.53. The molecule has 2 bridgehead atoms. The fraction of sp³-hybridized carbons (Fsp3) is 0.682. The third-order valence-corrected chi connectivity index (χ3v) is 7.31. The standard InChI is InChI=1S/C22H31NO4/c1-4-16(24)12-22-9-10-23(13-14-5-6-14)18(21(22,2)26)11-15-7-8-17(27-3)20(25)19(15)22/h7-8,14,18,25-26H,4-6,9-13H2,1-3H3. The zero-order valence-corrected chi connectivity index (χ0v) is 16.6. The molecule has 27 heavy (non-hydrogen) atoms. The van der Waals surface area contributed by atoms with Gasteiger partial charge in [0.2, 0.25) is 0 Å². The number of piperidine rings is 1. The first-order valence-corrected chi connectivity index (χ1v) is 10.2. The van der Waals surface area contributed by atoms with Gasteiger partial charge in [-0.25, -0.2) is 0 Å². The fourth-order valence-corrected chi connectivity index (χ4v) is 5.48. The summed E-state index contributed by atoms with van der Waals surface area (Å²) in [6, 6.07) is 3.77. The van der Waals surface area contributed by atoms with Gasteiger partial charge in [0.15, 0.2) is 11.5 Å². The van der Waals surface area contributed by atoms with Crippen molar-refractivity contribution >= 4 is 5.78 Å². The molecule has 0 radical (unpaired) electrons. The molecule has 2 aliphatic carbocycles. The number of phenolic OH excluding ortho intramolecular Hbond substituents is 1. The third-order valence-electron chi connectivity index (χ3n) is 7.31. The average Bonchev–Trinajstić information content (AvgIpc) is 3.43. The molecule has 0 aromatic heterocycles. The molecule has 4 rings (SSSR count). The molecule has 1 heterocycles. The lowest BCUT2D eigenvalue weighted by Gasteiger charge is -2.60. The van der Waals surface area contributed by atoms with E-state index in [1.165, 1.54) is 20.0 Å². The van der Waals surface area contributed by atoms with E-state index in [-0.39, 0.29) is 24.0 Å². The summed E-state index contributed by atoms with van der Waals surface area (Å²) in [4.78, 5) is 15.0. The number of carbonyl (C=O) groups excluding carboxylic acids is 1. The summed E-state index contributed by atoms with van der Waals surface area (Å²) in [5.74, 6) is 1.37. The number of nitrogens with zero attached hydrogens (tertiary/aromatic N) is 1. The van der Waals surface area contributed by atoms with Crippen LogP contribution in [-0.2, 0) is 16.6 Å². The minimum Gasteiger partial charge on any atom is -0.504 e. The topological polar surface area (TPSA) is 70.0 Å². The van der Waals surface area contributed by atoms with Crippen LogP contribution in [0.3, 0.4) is 0 Å². The molecule has 3 unspecified atom stereocenters. The Kier molecular flexibility index (Phi) is 4.51. The second-order valence-electron chi connectivity index (χ2n) is 8.86. The van der Waals surface area contributed by atoms with Crippen LogP contribution >= 0.6 is 0 Å². The largest absolute Gasteiger partial charge is 0.504 e. The van der Waals surface area contributed by atoms with Gasteiger partial charge in [-0.05, 0) is 56.7 Å². The van der Waals surface area contributed by atoms with Gasteiger partial charge in [0.25, 0.3) is 0 Å². The predicted octanol–water partition coefficient (Wildman–Crippen LogP) is 2.80. The van der Waals surface area contributed by atoms with Crippen LogP contribution in [0, 0.1) is 5.92 Å². The number of ether oxygens (including phenoxy) is 1. The van der Waals surface area contributed by atoms with Gasteiger partial charge in [0.05, 0.1) is 12.7 Å². The first kappa shape index (κ1) is 18.8. The molecule has 1 saturated heterocycles. The number of hydrogen-bond acceptors (Lipinski definition) is 5. The first-order valence-electron chi connectivity index (χ1n) is 10.2. The molecule has 1 aromatic carbocycles. The Labute approximate surface area is 161 Å². The number of benzene rings is 1. The van der Waals surface area contributed by atoms with Crippen LogP contribution in [0.1, 0.15) is 57.1 Å². The Balaban J connectivity index is 1.86. The number of Topliss-reactive ketones (excluding diaryl/α,β-unsaturated/α-hetero) is 1. The van der Waals surface area contributed by atoms with E-state index in [1.807, 2.05) is 19.9 Å². The highest BCUT2D eigenvalue weighted by Gasteiger charge is 2.62. The van der Waals surface area contributed by atoms with Crippen molar-refractivity contribution in [3.05, 3.63) is 23.3 Å². The number of likely N-dealkylation sites (tertiary alicyclic amines) is 1. The number of aromatic hydroxyl groups is 1. The van der Waals surface area contributed by atoms with Crippen molar-refractivity contribution in [2.24, 2.45) is 5.92 Å². The molecular weight excluding hydrogens is 342 g/mol. The second kappa shape index (κ2) is 6.49. The smallest absolute Gasteiger partial charge is 0.161 e. The highest BCUT2D eigenvalue weighted by atomic mass is 16.5. The van der Waals surface area contributed by atoms with Crippen LogP contribution in [0.25, 0.3) is 0 Å². The number of aliphatic hydroxyl groups is 1. The fourth-order valence-electron chi connectivity index (χ4n) is 5.48. The van der Waals surface area contributed by atoms with E-state index in [0.717, 1.165) is 30.1 Å². The van der Waals surface area contributed by atoms with E-state index in [1.54, 1.807) is 6.07 Å². The summed E-state index contributed by atoms with van der Waals surface area (Å²) >= 11 is 0. The minimum atomic E-state index is -1.08. The van der Waals surface area contributed by atoms with E-state index >= 15 is 0 Å². The van der Waals surface area contributed by atoms with Crippen molar-refractivity contribution in [3.8, 4) is 11.5 Å². The zero-order valence-electron chi connectivity index (χ0n) is 16.6. The lowest BCUT2D eigenvalue weighted by molar-refractivity contribution is -0.148. The number of ketones is 1. The summed E-state index contributed by atoms with van der Waals surface area (Å²) in [5.41, 5.74) is -0.0797. The Bertz CT molecular complexity index is 755. The summed E-state index contributed by atoms with van der Waals surface area (Å²) < 4.78 is 5.35. The van der Waals surface area contributed by atoms with Crippen molar-refractivity contribution in [1.29, 1.82) is 0 Å². The van der Waals surface area contributed by atoms with Crippen molar-refractivity contribution in [1.82, 2.24) is 4.90 Å². The molecule has 1 aromatic rings. The highest BCUT2D eigenvalue weighted by Crippen LogP contribution is 2.57. The Hall–Kier alpha value is -1.59. The van der Waals surface area contributed by atoms with Crippen molar-refractivity contribution in [2.75, 3.05) is 20.2 Å². The van der Waals surface area contributed by atoms with E-state index in [4.69, 9.17) is 4.74 Å². The van der Waals surface area contributed by atoms with Gasteiger partial charge in [0, 0.05) is 36.4 Å². The van der Waals surface area contributed by atoms with E-state index in [9.17, 15) is 15.0 Å². The quantitative estimate of drug-likeness (QED) is 0.802. The molecule has 3 atom stereocenters. The number of methoxy groups -OCH3 is 1. The number of carbonyl (C=O) groups is 1. The number of phenols is 1. The molecule has 3 aliphatic rings. The first-order chi connectivity index (χ1) is 12.8. The summed E-state index contributed by atoms with van der Waals surface area (Å²) in [6.45, 7) is 5.62. The summed E-state index contributed by atoms with van der Waals surface area (Å²) in [7, 11) is 1.54. The van der Waals surface area contributed by atoms with E-state index in [0.29, 0.717) is 25.0 Å². The maximum absolute atomic E-state index is 12.6. The van der Waals surface area contributed by atoms with Gasteiger partial charge in [0.1, 0.15) is 5.78 Å². The molecule has 1 aliphatic heterocycles. The molecule has 148 valence electrons. The van der Waals surface area contributed by atoms with Gasteiger partial charge < -0.3 is 14.9 Å². The Morgan fingerprint density at radius 1 is 1.37 bits per heavy atom. The predicted molar refractivity (Wildman–Crippen MR) is 103 cm³/mol. The van der Waals surface area contributed by atoms with Gasteiger partial charge in [-0.15, -0.1) is 0 Å². The molecule has 2 N–H and O–H groups in total.